The van der Waals surface area contributed by atoms with Crippen LogP contribution in [0.2, 0.25) is 10.0 Å². The predicted octanol–water partition coefficient (Wildman–Crippen LogP) is 6.09. The summed E-state index contributed by atoms with van der Waals surface area (Å²) in [6.07, 6.45) is 16.2. The number of aromatic nitrogens is 5. The summed E-state index contributed by atoms with van der Waals surface area (Å²) in [4.78, 5) is 31.3. The van der Waals surface area contributed by atoms with Crippen molar-refractivity contribution in [1.82, 2.24) is 29.8 Å². The second-order valence-corrected chi connectivity index (χ2v) is 11.2. The molecule has 3 N–H and O–H groups in total. The van der Waals surface area contributed by atoms with E-state index < -0.39 is 6.04 Å². The summed E-state index contributed by atoms with van der Waals surface area (Å²) in [5, 5.41) is 10.9. The topological polar surface area (TPSA) is 110 Å². The molecule has 1 saturated carbocycles. The molecule has 1 atom stereocenters. The molecule has 0 radical (unpaired) electrons. The molecule has 1 aliphatic carbocycles. The molecule has 0 aliphatic heterocycles. The lowest BCUT2D eigenvalue weighted by molar-refractivity contribution is -0.122. The van der Waals surface area contributed by atoms with Crippen LogP contribution in [-0.2, 0) is 17.8 Å². The Bertz CT molecular complexity index is 1410. The van der Waals surface area contributed by atoms with Crippen LogP contribution in [0.4, 0.5) is 11.8 Å². The fraction of sp³-hybridized carbons (Fsp3) is 0.367. The van der Waals surface area contributed by atoms with Crippen LogP contribution in [0.25, 0.3) is 5.82 Å². The van der Waals surface area contributed by atoms with Crippen molar-refractivity contribution in [1.29, 1.82) is 0 Å². The molecule has 1 fully saturated rings. The first-order chi connectivity index (χ1) is 20.0. The SMILES string of the molecule is O=C(NCc1ccc(Cl)cc1Cl)[C@@H](CC1CCCCC1)Nc1cc(-n2ccnc2)nc(NCCc2cccnc2)n1. The molecule has 41 heavy (non-hydrogen) atoms. The van der Waals surface area contributed by atoms with Gasteiger partial charge in [-0.2, -0.15) is 9.97 Å². The number of anilines is 2. The van der Waals surface area contributed by atoms with Crippen molar-refractivity contribution in [3.05, 3.63) is 88.7 Å². The first-order valence-electron chi connectivity index (χ1n) is 14.0. The molecular formula is C30H34Cl2N8O. The zero-order valence-electron chi connectivity index (χ0n) is 22.8. The lowest BCUT2D eigenvalue weighted by Gasteiger charge is -2.27. The maximum absolute atomic E-state index is 13.6. The Morgan fingerprint density at radius 1 is 1.05 bits per heavy atom. The van der Waals surface area contributed by atoms with Crippen LogP contribution in [-0.4, -0.2) is 43.0 Å². The number of hydrogen-bond donors (Lipinski definition) is 3. The van der Waals surface area contributed by atoms with E-state index in [1.54, 1.807) is 30.9 Å². The zero-order valence-corrected chi connectivity index (χ0v) is 24.3. The third-order valence-corrected chi connectivity index (χ3v) is 7.89. The fourth-order valence-corrected chi connectivity index (χ4v) is 5.59. The van der Waals surface area contributed by atoms with E-state index >= 15 is 0 Å². The van der Waals surface area contributed by atoms with E-state index in [9.17, 15) is 4.79 Å². The Labute approximate surface area is 250 Å². The Balaban J connectivity index is 1.34. The van der Waals surface area contributed by atoms with Crippen LogP contribution in [0.15, 0.2) is 67.5 Å². The van der Waals surface area contributed by atoms with Gasteiger partial charge in [-0.15, -0.1) is 0 Å². The highest BCUT2D eigenvalue weighted by molar-refractivity contribution is 6.35. The maximum atomic E-state index is 13.6. The number of hydrogen-bond acceptors (Lipinski definition) is 7. The monoisotopic (exact) mass is 592 g/mol. The van der Waals surface area contributed by atoms with Crippen LogP contribution in [0.1, 0.15) is 49.7 Å². The quantitative estimate of drug-likeness (QED) is 0.183. The number of carbonyl (C=O) groups excluding carboxylic acids is 1. The summed E-state index contributed by atoms with van der Waals surface area (Å²) in [7, 11) is 0. The molecule has 1 aromatic carbocycles. The van der Waals surface area contributed by atoms with Crippen molar-refractivity contribution >= 4 is 40.9 Å². The van der Waals surface area contributed by atoms with Crippen molar-refractivity contribution in [2.75, 3.05) is 17.2 Å². The number of benzene rings is 1. The van der Waals surface area contributed by atoms with E-state index in [0.717, 1.165) is 30.4 Å². The second-order valence-electron chi connectivity index (χ2n) is 10.3. The number of pyridine rings is 1. The molecular weight excluding hydrogens is 559 g/mol. The lowest BCUT2D eigenvalue weighted by atomic mass is 9.84. The summed E-state index contributed by atoms with van der Waals surface area (Å²) in [5.74, 6) is 2.04. The third kappa shape index (κ3) is 8.41. The first-order valence-corrected chi connectivity index (χ1v) is 14.8. The zero-order chi connectivity index (χ0) is 28.4. The van der Waals surface area contributed by atoms with Gasteiger partial charge in [-0.05, 0) is 48.1 Å². The number of nitrogens with one attached hydrogen (secondary N) is 3. The van der Waals surface area contributed by atoms with Gasteiger partial charge in [-0.3, -0.25) is 14.3 Å². The number of rotatable bonds is 12. The summed E-state index contributed by atoms with van der Waals surface area (Å²) < 4.78 is 1.82. The van der Waals surface area contributed by atoms with Gasteiger partial charge in [0, 0.05) is 54.0 Å². The number of halogens is 2. The molecule has 0 spiro atoms. The van der Waals surface area contributed by atoms with Crippen molar-refractivity contribution in [2.24, 2.45) is 5.92 Å². The average molecular weight is 594 g/mol. The number of carbonyl (C=O) groups is 1. The molecule has 3 aromatic heterocycles. The van der Waals surface area contributed by atoms with Gasteiger partial charge < -0.3 is 16.0 Å². The van der Waals surface area contributed by atoms with E-state index in [1.807, 2.05) is 41.2 Å². The van der Waals surface area contributed by atoms with Gasteiger partial charge in [0.25, 0.3) is 0 Å². The normalized spacial score (nSPS) is 14.4. The molecule has 4 aromatic rings. The predicted molar refractivity (Wildman–Crippen MR) is 162 cm³/mol. The molecule has 9 nitrogen and oxygen atoms in total. The lowest BCUT2D eigenvalue weighted by Crippen LogP contribution is -2.41. The molecule has 3 heterocycles. The van der Waals surface area contributed by atoms with Gasteiger partial charge in [0.05, 0.1) is 0 Å². The molecule has 5 rings (SSSR count). The van der Waals surface area contributed by atoms with Crippen LogP contribution < -0.4 is 16.0 Å². The van der Waals surface area contributed by atoms with Gasteiger partial charge >= 0.3 is 0 Å². The molecule has 0 bridgehead atoms. The molecule has 0 saturated heterocycles. The van der Waals surface area contributed by atoms with Crippen LogP contribution in [0.5, 0.6) is 0 Å². The Hall–Kier alpha value is -3.69. The van der Waals surface area contributed by atoms with Crippen LogP contribution in [0, 0.1) is 5.92 Å². The maximum Gasteiger partial charge on any atom is 0.242 e. The minimum atomic E-state index is -0.474. The minimum Gasteiger partial charge on any atom is -0.358 e. The second kappa shape index (κ2) is 14.3. The third-order valence-electron chi connectivity index (χ3n) is 7.30. The van der Waals surface area contributed by atoms with Crippen molar-refractivity contribution in [3.63, 3.8) is 0 Å². The van der Waals surface area contributed by atoms with Gasteiger partial charge in [0.15, 0.2) is 0 Å². The molecule has 1 aliphatic rings. The average Bonchev–Trinajstić information content (AvgIpc) is 3.53. The van der Waals surface area contributed by atoms with Gasteiger partial charge in [0.2, 0.25) is 11.9 Å². The number of nitrogens with zero attached hydrogens (tertiary/aromatic N) is 5. The number of amides is 1. The summed E-state index contributed by atoms with van der Waals surface area (Å²) in [6, 6.07) is 10.6. The van der Waals surface area contributed by atoms with E-state index in [-0.39, 0.29) is 5.91 Å². The largest absolute Gasteiger partial charge is 0.358 e. The van der Waals surface area contributed by atoms with Gasteiger partial charge in [0.1, 0.15) is 24.0 Å². The Morgan fingerprint density at radius 2 is 1.93 bits per heavy atom. The number of imidazole rings is 1. The molecule has 0 unspecified atom stereocenters. The summed E-state index contributed by atoms with van der Waals surface area (Å²) in [6.45, 7) is 0.940. The van der Waals surface area contributed by atoms with Gasteiger partial charge in [-0.1, -0.05) is 67.4 Å². The smallest absolute Gasteiger partial charge is 0.242 e. The highest BCUT2D eigenvalue weighted by atomic mass is 35.5. The summed E-state index contributed by atoms with van der Waals surface area (Å²) >= 11 is 12.4. The highest BCUT2D eigenvalue weighted by Gasteiger charge is 2.25. The molecule has 1 amide bonds. The Morgan fingerprint density at radius 3 is 2.68 bits per heavy atom. The van der Waals surface area contributed by atoms with Crippen molar-refractivity contribution in [3.8, 4) is 5.82 Å². The molecule has 11 heteroatoms. The van der Waals surface area contributed by atoms with E-state index in [1.165, 1.54) is 19.3 Å². The van der Waals surface area contributed by atoms with E-state index in [0.29, 0.717) is 53.1 Å². The van der Waals surface area contributed by atoms with Gasteiger partial charge in [-0.25, -0.2) is 4.98 Å². The van der Waals surface area contributed by atoms with Crippen molar-refractivity contribution < 1.29 is 4.79 Å². The standard InChI is InChI=1S/C30H34Cl2N8O/c31-24-9-8-23(25(32)16-24)19-36-29(41)26(15-21-5-2-1-3-6-21)37-27-17-28(40-14-13-34-20-40)39-30(38-27)35-12-10-22-7-4-11-33-18-22/h4,7-9,11,13-14,16-18,20-21,26H,1-3,5-6,10,12,15,19H2,(H,36,41)(H2,35,37,38,39)/t26-/m1/s1. The Kier molecular flexibility index (Phi) is 10.0. The summed E-state index contributed by atoms with van der Waals surface area (Å²) in [5.41, 5.74) is 1.93. The highest BCUT2D eigenvalue weighted by Crippen LogP contribution is 2.29. The van der Waals surface area contributed by atoms with Crippen LogP contribution in [0.3, 0.4) is 0 Å². The van der Waals surface area contributed by atoms with E-state index in [4.69, 9.17) is 28.2 Å². The minimum absolute atomic E-state index is 0.101. The molecule has 214 valence electrons. The van der Waals surface area contributed by atoms with Crippen LogP contribution >= 0.6 is 23.2 Å². The van der Waals surface area contributed by atoms with Crippen molar-refractivity contribution in [2.45, 2.75) is 57.5 Å². The van der Waals surface area contributed by atoms with E-state index in [2.05, 4.69) is 30.9 Å². The fourth-order valence-electron chi connectivity index (χ4n) is 5.12. The first kappa shape index (κ1) is 28.8.